The first kappa shape index (κ1) is 11.9. The van der Waals surface area contributed by atoms with E-state index in [-0.39, 0.29) is 11.5 Å². The van der Waals surface area contributed by atoms with Gasteiger partial charge in [-0.1, -0.05) is 0 Å². The number of rotatable bonds is 1. The van der Waals surface area contributed by atoms with Crippen molar-refractivity contribution in [2.75, 3.05) is 0 Å². The van der Waals surface area contributed by atoms with Gasteiger partial charge in [-0.25, -0.2) is 9.97 Å². The highest BCUT2D eigenvalue weighted by Crippen LogP contribution is 2.28. The molecule has 0 aliphatic carbocycles. The quantitative estimate of drug-likeness (QED) is 0.785. The summed E-state index contributed by atoms with van der Waals surface area (Å²) in [4.78, 5) is 7.30. The molecule has 6 heteroatoms. The molecule has 15 heavy (non-hydrogen) atoms. The second kappa shape index (κ2) is 3.44. The molecule has 0 amide bonds. The lowest BCUT2D eigenvalue weighted by atomic mass is 10.1. The zero-order valence-electron chi connectivity index (χ0n) is 8.68. The number of halogens is 3. The van der Waals surface area contributed by atoms with Crippen molar-refractivity contribution < 1.29 is 13.2 Å². The van der Waals surface area contributed by atoms with E-state index >= 15 is 0 Å². The maximum Gasteiger partial charge on any atom is 0.433 e. The highest BCUT2D eigenvalue weighted by molar-refractivity contribution is 5.16. The number of nitrogens with zero attached hydrogens (tertiary/aromatic N) is 2. The van der Waals surface area contributed by atoms with Gasteiger partial charge in [-0.05, 0) is 26.8 Å². The molecule has 2 N–H and O–H groups in total. The van der Waals surface area contributed by atoms with Crippen LogP contribution in [-0.2, 0) is 11.7 Å². The van der Waals surface area contributed by atoms with Gasteiger partial charge in [-0.2, -0.15) is 13.2 Å². The molecule has 0 spiro atoms. The molecule has 1 aromatic heterocycles. The van der Waals surface area contributed by atoms with Crippen LogP contribution < -0.4 is 5.73 Å². The summed E-state index contributed by atoms with van der Waals surface area (Å²) in [6, 6.07) is 0.898. The topological polar surface area (TPSA) is 51.8 Å². The van der Waals surface area contributed by atoms with Crippen molar-refractivity contribution in [1.82, 2.24) is 9.97 Å². The number of aromatic nitrogens is 2. The van der Waals surface area contributed by atoms with Crippen molar-refractivity contribution in [3.63, 3.8) is 0 Å². The lowest BCUT2D eigenvalue weighted by Crippen LogP contribution is -2.32. The molecule has 0 aliphatic rings. The average Bonchev–Trinajstić information content (AvgIpc) is 1.99. The van der Waals surface area contributed by atoms with E-state index in [0.29, 0.717) is 0 Å². The van der Waals surface area contributed by atoms with Crippen molar-refractivity contribution in [3.8, 4) is 0 Å². The number of nitrogens with two attached hydrogens (primary N) is 1. The molecule has 1 aromatic rings. The smallest absolute Gasteiger partial charge is 0.319 e. The Labute approximate surface area is 85.5 Å². The maximum absolute atomic E-state index is 12.4. The van der Waals surface area contributed by atoms with Crippen LogP contribution in [0.15, 0.2) is 6.07 Å². The number of aryl methyl sites for hydroxylation is 1. The van der Waals surface area contributed by atoms with Gasteiger partial charge in [0.2, 0.25) is 0 Å². The van der Waals surface area contributed by atoms with Gasteiger partial charge in [0, 0.05) is 5.69 Å². The van der Waals surface area contributed by atoms with Crippen LogP contribution in [0.25, 0.3) is 0 Å². The van der Waals surface area contributed by atoms with Crippen LogP contribution in [0.3, 0.4) is 0 Å². The van der Waals surface area contributed by atoms with Crippen molar-refractivity contribution >= 4 is 0 Å². The lowest BCUT2D eigenvalue weighted by molar-refractivity contribution is -0.141. The van der Waals surface area contributed by atoms with Crippen LogP contribution in [0.5, 0.6) is 0 Å². The van der Waals surface area contributed by atoms with Gasteiger partial charge in [0.1, 0.15) is 11.5 Å². The molecule has 0 saturated carbocycles. The SMILES string of the molecule is Cc1cc(C(F)(F)F)nc(C(C)(C)N)n1. The zero-order valence-corrected chi connectivity index (χ0v) is 8.68. The van der Waals surface area contributed by atoms with E-state index < -0.39 is 17.4 Å². The molecule has 0 aliphatic heterocycles. The number of alkyl halides is 3. The Bertz CT molecular complexity index is 334. The van der Waals surface area contributed by atoms with E-state index in [1.165, 1.54) is 6.92 Å². The second-order valence-electron chi connectivity index (χ2n) is 3.94. The minimum absolute atomic E-state index is 0.00479. The molecule has 1 heterocycles. The Kier molecular flexibility index (Phi) is 2.73. The molecule has 0 atom stereocenters. The van der Waals surface area contributed by atoms with E-state index in [2.05, 4.69) is 9.97 Å². The molecule has 1 rings (SSSR count). The van der Waals surface area contributed by atoms with E-state index in [1.807, 2.05) is 0 Å². The first-order valence-electron chi connectivity index (χ1n) is 4.33. The second-order valence-corrected chi connectivity index (χ2v) is 3.94. The maximum atomic E-state index is 12.4. The minimum Gasteiger partial charge on any atom is -0.319 e. The van der Waals surface area contributed by atoms with Gasteiger partial charge >= 0.3 is 6.18 Å². The number of hydrogen-bond donors (Lipinski definition) is 1. The fraction of sp³-hybridized carbons (Fsp3) is 0.556. The average molecular weight is 219 g/mol. The van der Waals surface area contributed by atoms with Gasteiger partial charge < -0.3 is 5.73 Å². The molecule has 3 nitrogen and oxygen atoms in total. The molecule has 0 radical (unpaired) electrons. The minimum atomic E-state index is -4.46. The molecule has 0 aromatic carbocycles. The van der Waals surface area contributed by atoms with E-state index in [9.17, 15) is 13.2 Å². The van der Waals surface area contributed by atoms with Crippen molar-refractivity contribution in [2.24, 2.45) is 5.73 Å². The fourth-order valence-electron chi connectivity index (χ4n) is 1.00. The molecule has 0 saturated heterocycles. The van der Waals surface area contributed by atoms with E-state index in [1.54, 1.807) is 13.8 Å². The summed E-state index contributed by atoms with van der Waals surface area (Å²) in [5.41, 5.74) is 3.97. The highest BCUT2D eigenvalue weighted by atomic mass is 19.4. The summed E-state index contributed by atoms with van der Waals surface area (Å²) >= 11 is 0. The third-order valence-corrected chi connectivity index (χ3v) is 1.72. The predicted molar refractivity (Wildman–Crippen MR) is 49.0 cm³/mol. The molecular formula is C9H12F3N3. The summed E-state index contributed by atoms with van der Waals surface area (Å²) < 4.78 is 37.2. The highest BCUT2D eigenvalue weighted by Gasteiger charge is 2.34. The summed E-state index contributed by atoms with van der Waals surface area (Å²) in [5.74, 6) is -0.00479. The van der Waals surface area contributed by atoms with Gasteiger partial charge in [-0.15, -0.1) is 0 Å². The third-order valence-electron chi connectivity index (χ3n) is 1.72. The van der Waals surface area contributed by atoms with Crippen LogP contribution in [0.1, 0.15) is 31.1 Å². The number of hydrogen-bond acceptors (Lipinski definition) is 3. The van der Waals surface area contributed by atoms with Crippen molar-refractivity contribution in [3.05, 3.63) is 23.3 Å². The largest absolute Gasteiger partial charge is 0.433 e. The zero-order chi connectivity index (χ0) is 11.9. The van der Waals surface area contributed by atoms with Gasteiger partial charge in [-0.3, -0.25) is 0 Å². The normalized spacial score (nSPS) is 13.0. The Morgan fingerprint density at radius 1 is 1.20 bits per heavy atom. The van der Waals surface area contributed by atoms with Crippen LogP contribution in [0.2, 0.25) is 0 Å². The van der Waals surface area contributed by atoms with Gasteiger partial charge in [0.05, 0.1) is 5.54 Å². The Morgan fingerprint density at radius 2 is 1.73 bits per heavy atom. The molecule has 0 bridgehead atoms. The summed E-state index contributed by atoms with van der Waals surface area (Å²) in [5, 5.41) is 0. The molecular weight excluding hydrogens is 207 g/mol. The van der Waals surface area contributed by atoms with Crippen LogP contribution >= 0.6 is 0 Å². The molecule has 0 unspecified atom stereocenters. The standard InChI is InChI=1S/C9H12F3N3/c1-5-4-6(9(10,11)12)15-7(14-5)8(2,3)13/h4H,13H2,1-3H3. The summed E-state index contributed by atoms with van der Waals surface area (Å²) in [6.07, 6.45) is -4.46. The van der Waals surface area contributed by atoms with Crippen molar-refractivity contribution in [2.45, 2.75) is 32.5 Å². The first-order chi connectivity index (χ1) is 6.60. The van der Waals surface area contributed by atoms with Gasteiger partial charge in [0.25, 0.3) is 0 Å². The monoisotopic (exact) mass is 219 g/mol. The van der Waals surface area contributed by atoms with Gasteiger partial charge in [0.15, 0.2) is 0 Å². The predicted octanol–water partition coefficient (Wildman–Crippen LogP) is 2.00. The third kappa shape index (κ3) is 2.89. The Hall–Kier alpha value is -1.17. The molecule has 0 fully saturated rings. The fourth-order valence-corrected chi connectivity index (χ4v) is 1.00. The van der Waals surface area contributed by atoms with Crippen molar-refractivity contribution in [1.29, 1.82) is 0 Å². The molecule has 84 valence electrons. The Morgan fingerprint density at radius 3 is 2.13 bits per heavy atom. The summed E-state index contributed by atoms with van der Waals surface area (Å²) in [7, 11) is 0. The van der Waals surface area contributed by atoms with Crippen LogP contribution in [0, 0.1) is 6.92 Å². The van der Waals surface area contributed by atoms with Crippen LogP contribution in [-0.4, -0.2) is 9.97 Å². The van der Waals surface area contributed by atoms with Crippen LogP contribution in [0.4, 0.5) is 13.2 Å². The van der Waals surface area contributed by atoms with E-state index in [0.717, 1.165) is 6.07 Å². The first-order valence-corrected chi connectivity index (χ1v) is 4.33. The lowest BCUT2D eigenvalue weighted by Gasteiger charge is -2.18. The Balaban J connectivity index is 3.30. The van der Waals surface area contributed by atoms with E-state index in [4.69, 9.17) is 5.73 Å². The summed E-state index contributed by atoms with van der Waals surface area (Å²) in [6.45, 7) is 4.59.